The van der Waals surface area contributed by atoms with Crippen molar-refractivity contribution in [3.8, 4) is 5.75 Å². The molecule has 0 bridgehead atoms. The van der Waals surface area contributed by atoms with Gasteiger partial charge in [0.05, 0.1) is 11.8 Å². The Morgan fingerprint density at radius 3 is 3.00 bits per heavy atom. The van der Waals surface area contributed by atoms with Crippen LogP contribution in [0.5, 0.6) is 5.75 Å². The fraction of sp³-hybridized carbons (Fsp3) is 0.529. The van der Waals surface area contributed by atoms with Crippen LogP contribution in [-0.2, 0) is 14.3 Å². The molecule has 2 amide bonds. The summed E-state index contributed by atoms with van der Waals surface area (Å²) in [5, 5.41) is 2.88. The molecule has 1 saturated heterocycles. The lowest BCUT2D eigenvalue weighted by Gasteiger charge is -2.32. The molecule has 2 aliphatic rings. The molecule has 3 rings (SSSR count). The molecule has 0 aromatic heterocycles. The predicted molar refractivity (Wildman–Crippen MR) is 85.5 cm³/mol. The first-order chi connectivity index (χ1) is 11.1. The van der Waals surface area contributed by atoms with Crippen molar-refractivity contribution in [2.75, 3.05) is 24.6 Å². The second kappa shape index (κ2) is 7.00. The largest absolute Gasteiger partial charge is 0.479 e. The topological polar surface area (TPSA) is 67.9 Å². The molecule has 1 aromatic rings. The van der Waals surface area contributed by atoms with Crippen molar-refractivity contribution in [3.63, 3.8) is 0 Å². The first-order valence-electron chi connectivity index (χ1n) is 8.10. The minimum Gasteiger partial charge on any atom is -0.479 e. The van der Waals surface area contributed by atoms with Gasteiger partial charge in [-0.15, -0.1) is 0 Å². The highest BCUT2D eigenvalue weighted by atomic mass is 16.5. The van der Waals surface area contributed by atoms with Gasteiger partial charge in [-0.3, -0.25) is 9.59 Å². The Bertz CT molecular complexity index is 584. The van der Waals surface area contributed by atoms with Gasteiger partial charge in [0.15, 0.2) is 6.10 Å². The van der Waals surface area contributed by atoms with E-state index >= 15 is 0 Å². The standard InChI is InChI=1S/C17H22N2O4/c1-12-17(21)19(14-6-2-3-7-15(14)23-12)9-8-16(20)18-11-13-5-4-10-22-13/h2-3,6-7,12-13H,4-5,8-11H2,1H3,(H,18,20)/t12-,13-/m0/s1. The van der Waals surface area contributed by atoms with E-state index in [1.165, 1.54) is 0 Å². The third-order valence-electron chi connectivity index (χ3n) is 4.19. The Morgan fingerprint density at radius 2 is 2.22 bits per heavy atom. The molecule has 2 atom stereocenters. The quantitative estimate of drug-likeness (QED) is 0.893. The maximum atomic E-state index is 12.3. The summed E-state index contributed by atoms with van der Waals surface area (Å²) in [7, 11) is 0. The molecule has 1 N–H and O–H groups in total. The Kier molecular flexibility index (Phi) is 4.81. The van der Waals surface area contributed by atoms with Gasteiger partial charge in [-0.2, -0.15) is 0 Å². The minimum atomic E-state index is -0.528. The van der Waals surface area contributed by atoms with E-state index < -0.39 is 6.10 Å². The Hall–Kier alpha value is -2.08. The van der Waals surface area contributed by atoms with Crippen LogP contribution in [0.2, 0.25) is 0 Å². The second-order valence-electron chi connectivity index (χ2n) is 5.91. The summed E-state index contributed by atoms with van der Waals surface area (Å²) < 4.78 is 11.1. The molecule has 1 fully saturated rings. The van der Waals surface area contributed by atoms with Crippen LogP contribution in [0.1, 0.15) is 26.2 Å². The highest BCUT2D eigenvalue weighted by molar-refractivity contribution is 6.00. The zero-order valence-electron chi connectivity index (χ0n) is 13.3. The second-order valence-corrected chi connectivity index (χ2v) is 5.91. The average molecular weight is 318 g/mol. The van der Waals surface area contributed by atoms with Crippen molar-refractivity contribution in [1.82, 2.24) is 5.32 Å². The van der Waals surface area contributed by atoms with E-state index in [-0.39, 0.29) is 24.3 Å². The van der Waals surface area contributed by atoms with Crippen LogP contribution in [0.15, 0.2) is 24.3 Å². The maximum Gasteiger partial charge on any atom is 0.267 e. The number of amides is 2. The highest BCUT2D eigenvalue weighted by Gasteiger charge is 2.31. The summed E-state index contributed by atoms with van der Waals surface area (Å²) in [6, 6.07) is 7.40. The normalized spacial score (nSPS) is 23.3. The lowest BCUT2D eigenvalue weighted by molar-refractivity contribution is -0.125. The van der Waals surface area contributed by atoms with Crippen molar-refractivity contribution in [3.05, 3.63) is 24.3 Å². The maximum absolute atomic E-state index is 12.3. The first kappa shape index (κ1) is 15.8. The van der Waals surface area contributed by atoms with E-state index in [0.29, 0.717) is 18.8 Å². The van der Waals surface area contributed by atoms with Gasteiger partial charge >= 0.3 is 0 Å². The summed E-state index contributed by atoms with van der Waals surface area (Å²) in [5.74, 6) is 0.500. The molecule has 2 aliphatic heterocycles. The minimum absolute atomic E-state index is 0.0649. The zero-order valence-corrected chi connectivity index (χ0v) is 13.3. The monoisotopic (exact) mass is 318 g/mol. The number of ether oxygens (including phenoxy) is 2. The molecule has 0 spiro atoms. The number of hydrogen-bond acceptors (Lipinski definition) is 4. The first-order valence-corrected chi connectivity index (χ1v) is 8.10. The number of carbonyl (C=O) groups is 2. The molecule has 0 saturated carbocycles. The molecule has 23 heavy (non-hydrogen) atoms. The molecule has 6 heteroatoms. The SMILES string of the molecule is C[C@@H]1Oc2ccccc2N(CCC(=O)NC[C@@H]2CCCO2)C1=O. The van der Waals surface area contributed by atoms with Gasteiger partial charge in [-0.25, -0.2) is 0 Å². The third kappa shape index (κ3) is 3.64. The van der Waals surface area contributed by atoms with Gasteiger partial charge in [0, 0.05) is 26.1 Å². The van der Waals surface area contributed by atoms with Crippen molar-refractivity contribution in [2.45, 2.75) is 38.4 Å². The number of rotatable bonds is 5. The highest BCUT2D eigenvalue weighted by Crippen LogP contribution is 2.33. The molecule has 0 unspecified atom stereocenters. The van der Waals surface area contributed by atoms with E-state index in [1.54, 1.807) is 11.8 Å². The molecular formula is C17H22N2O4. The lowest BCUT2D eigenvalue weighted by atomic mass is 10.1. The number of nitrogens with zero attached hydrogens (tertiary/aromatic N) is 1. The number of carbonyl (C=O) groups excluding carboxylic acids is 2. The summed E-state index contributed by atoms with van der Waals surface area (Å²) in [6.07, 6.45) is 1.91. The molecule has 1 aromatic carbocycles. The summed E-state index contributed by atoms with van der Waals surface area (Å²) >= 11 is 0. The Morgan fingerprint density at radius 1 is 1.39 bits per heavy atom. The van der Waals surface area contributed by atoms with Crippen LogP contribution in [0.3, 0.4) is 0 Å². The molecular weight excluding hydrogens is 296 g/mol. The van der Waals surface area contributed by atoms with Crippen LogP contribution >= 0.6 is 0 Å². The Balaban J connectivity index is 1.56. The van der Waals surface area contributed by atoms with Gasteiger partial charge in [-0.1, -0.05) is 12.1 Å². The lowest BCUT2D eigenvalue weighted by Crippen LogP contribution is -2.46. The Labute approximate surface area is 135 Å². The number of hydrogen-bond donors (Lipinski definition) is 1. The van der Waals surface area contributed by atoms with Crippen molar-refractivity contribution in [1.29, 1.82) is 0 Å². The van der Waals surface area contributed by atoms with Crippen LogP contribution < -0.4 is 15.0 Å². The number of fused-ring (bicyclic) bond motifs is 1. The molecule has 2 heterocycles. The average Bonchev–Trinajstić information content (AvgIpc) is 3.07. The number of benzene rings is 1. The van der Waals surface area contributed by atoms with Gasteiger partial charge in [0.2, 0.25) is 5.91 Å². The molecule has 0 radical (unpaired) electrons. The fourth-order valence-electron chi connectivity index (χ4n) is 2.92. The van der Waals surface area contributed by atoms with Crippen LogP contribution in [-0.4, -0.2) is 43.7 Å². The fourth-order valence-corrected chi connectivity index (χ4v) is 2.92. The smallest absolute Gasteiger partial charge is 0.267 e. The van der Waals surface area contributed by atoms with E-state index in [0.717, 1.165) is 25.1 Å². The predicted octanol–water partition coefficient (Wildman–Crippen LogP) is 1.49. The number of para-hydroxylation sites is 2. The van der Waals surface area contributed by atoms with Crippen LogP contribution in [0, 0.1) is 0 Å². The van der Waals surface area contributed by atoms with E-state index in [1.807, 2.05) is 24.3 Å². The molecule has 124 valence electrons. The van der Waals surface area contributed by atoms with Gasteiger partial charge in [0.25, 0.3) is 5.91 Å². The molecule has 0 aliphatic carbocycles. The van der Waals surface area contributed by atoms with Crippen LogP contribution in [0.4, 0.5) is 5.69 Å². The van der Waals surface area contributed by atoms with Crippen LogP contribution in [0.25, 0.3) is 0 Å². The molecule has 6 nitrogen and oxygen atoms in total. The zero-order chi connectivity index (χ0) is 16.2. The van der Waals surface area contributed by atoms with Crippen molar-refractivity contribution >= 4 is 17.5 Å². The van der Waals surface area contributed by atoms with Crippen molar-refractivity contribution in [2.24, 2.45) is 0 Å². The number of nitrogens with one attached hydrogen (secondary N) is 1. The van der Waals surface area contributed by atoms with Crippen molar-refractivity contribution < 1.29 is 19.1 Å². The van der Waals surface area contributed by atoms with Gasteiger partial charge in [-0.05, 0) is 31.9 Å². The summed E-state index contributed by atoms with van der Waals surface area (Å²) in [4.78, 5) is 26.0. The van der Waals surface area contributed by atoms with E-state index in [4.69, 9.17) is 9.47 Å². The number of anilines is 1. The third-order valence-corrected chi connectivity index (χ3v) is 4.19. The van der Waals surface area contributed by atoms with E-state index in [2.05, 4.69) is 5.32 Å². The summed E-state index contributed by atoms with van der Waals surface area (Å²) in [6.45, 7) is 3.39. The van der Waals surface area contributed by atoms with E-state index in [9.17, 15) is 9.59 Å². The summed E-state index contributed by atoms with van der Waals surface area (Å²) in [5.41, 5.74) is 0.725. The van der Waals surface area contributed by atoms with Gasteiger partial charge in [0.1, 0.15) is 5.75 Å². The van der Waals surface area contributed by atoms with Gasteiger partial charge < -0.3 is 19.7 Å².